The van der Waals surface area contributed by atoms with Crippen LogP contribution in [0.4, 0.5) is 0 Å². The Morgan fingerprint density at radius 1 is 0.810 bits per heavy atom. The first kappa shape index (κ1) is 14.3. The maximum atomic E-state index is 13.9. The number of benzene rings is 2. The van der Waals surface area contributed by atoms with Crippen LogP contribution in [-0.4, -0.2) is 16.9 Å². The molecule has 2 atom stereocenters. The number of hydrogen-bond acceptors (Lipinski definition) is 2. The van der Waals surface area contributed by atoms with Gasteiger partial charge in [0.25, 0.3) is 0 Å². The molecule has 2 aromatic carbocycles. The second kappa shape index (κ2) is 6.01. The molecule has 0 aromatic heterocycles. The van der Waals surface area contributed by atoms with Crippen LogP contribution in [0.25, 0.3) is 0 Å². The molecular weight excluding hydrogens is 279 g/mol. The molecule has 21 heavy (non-hydrogen) atoms. The van der Waals surface area contributed by atoms with Gasteiger partial charge >= 0.3 is 0 Å². The molecule has 0 saturated heterocycles. The van der Waals surface area contributed by atoms with Crippen molar-refractivity contribution in [2.45, 2.75) is 24.6 Å². The van der Waals surface area contributed by atoms with E-state index in [1.807, 2.05) is 66.7 Å². The zero-order valence-electron chi connectivity index (χ0n) is 11.8. The summed E-state index contributed by atoms with van der Waals surface area (Å²) in [5.41, 5.74) is -0.0364. The third-order valence-electron chi connectivity index (χ3n) is 4.06. The van der Waals surface area contributed by atoms with Crippen LogP contribution in [0.5, 0.6) is 0 Å². The lowest BCUT2D eigenvalue weighted by atomic mass is 10.1. The number of hydrogen-bond donors (Lipinski definition) is 1. The fourth-order valence-electron chi connectivity index (χ4n) is 2.92. The van der Waals surface area contributed by atoms with Gasteiger partial charge in [-0.1, -0.05) is 72.8 Å². The fourth-order valence-corrected chi connectivity index (χ4v) is 6.07. The van der Waals surface area contributed by atoms with E-state index in [1.165, 1.54) is 0 Å². The summed E-state index contributed by atoms with van der Waals surface area (Å²) in [5.74, 6) is 0. The Kier molecular flexibility index (Phi) is 4.10. The van der Waals surface area contributed by atoms with Gasteiger partial charge in [-0.2, -0.15) is 0 Å². The van der Waals surface area contributed by atoms with Crippen LogP contribution >= 0.6 is 7.14 Å². The summed E-state index contributed by atoms with van der Waals surface area (Å²) in [6.45, 7) is 0. The highest BCUT2D eigenvalue weighted by molar-refractivity contribution is 7.79. The molecule has 0 amide bonds. The van der Waals surface area contributed by atoms with E-state index in [0.717, 1.165) is 17.0 Å². The highest BCUT2D eigenvalue weighted by Crippen LogP contribution is 2.51. The van der Waals surface area contributed by atoms with Gasteiger partial charge < -0.3 is 9.67 Å². The molecule has 3 heteroatoms. The Balaban J connectivity index is 2.12. The van der Waals surface area contributed by atoms with Crippen LogP contribution < -0.4 is 10.6 Å². The van der Waals surface area contributed by atoms with Gasteiger partial charge in [-0.15, -0.1) is 0 Å². The smallest absolute Gasteiger partial charge is 0.149 e. The Hall–Kier alpha value is -1.63. The largest absolute Gasteiger partial charge is 0.389 e. The van der Waals surface area contributed by atoms with Gasteiger partial charge in [-0.3, -0.25) is 0 Å². The van der Waals surface area contributed by atoms with E-state index in [1.54, 1.807) is 6.08 Å². The van der Waals surface area contributed by atoms with Crippen molar-refractivity contribution in [3.8, 4) is 0 Å². The van der Waals surface area contributed by atoms with Crippen molar-refractivity contribution in [2.75, 3.05) is 0 Å². The summed E-state index contributed by atoms with van der Waals surface area (Å²) in [6.07, 6.45) is 4.74. The minimum atomic E-state index is -2.72. The summed E-state index contributed by atoms with van der Waals surface area (Å²) in [5, 5.41) is 11.4. The lowest BCUT2D eigenvalue weighted by Gasteiger charge is -2.29. The molecule has 0 spiro atoms. The summed E-state index contributed by atoms with van der Waals surface area (Å²) in [6, 6.07) is 19.4. The fraction of sp³-hybridized carbons (Fsp3) is 0.222. The molecular formula is C18H19O2P. The van der Waals surface area contributed by atoms with E-state index in [9.17, 15) is 9.67 Å². The molecule has 0 aliphatic heterocycles. The quantitative estimate of drug-likeness (QED) is 0.698. The van der Waals surface area contributed by atoms with Crippen LogP contribution in [0.15, 0.2) is 72.8 Å². The Morgan fingerprint density at radius 2 is 1.33 bits per heavy atom. The minimum absolute atomic E-state index is 0.0364. The molecule has 108 valence electrons. The number of aliphatic hydroxyl groups excluding tert-OH is 1. The molecule has 1 aliphatic rings. The van der Waals surface area contributed by atoms with E-state index in [-0.39, 0.29) is 5.66 Å². The monoisotopic (exact) mass is 298 g/mol. The summed E-state index contributed by atoms with van der Waals surface area (Å²) < 4.78 is 13.9. The molecule has 0 unspecified atom stereocenters. The number of rotatable bonds is 3. The van der Waals surface area contributed by atoms with Crippen LogP contribution in [0.2, 0.25) is 0 Å². The topological polar surface area (TPSA) is 37.3 Å². The van der Waals surface area contributed by atoms with Crippen LogP contribution in [-0.2, 0) is 4.57 Å². The van der Waals surface area contributed by atoms with E-state index >= 15 is 0 Å². The zero-order chi connectivity index (χ0) is 14.7. The van der Waals surface area contributed by atoms with Gasteiger partial charge in [0.05, 0.1) is 6.10 Å². The SMILES string of the molecule is O=P(c1ccccc1)(c1ccccc1)[C@H]1C=C[C@H](O)CC1. The van der Waals surface area contributed by atoms with Gasteiger partial charge in [0.1, 0.15) is 7.14 Å². The molecule has 0 fully saturated rings. The molecule has 2 aromatic rings. The van der Waals surface area contributed by atoms with Crippen molar-refractivity contribution < 1.29 is 9.67 Å². The number of allylic oxidation sites excluding steroid dienone is 1. The standard InChI is InChI=1S/C18H19O2P/c19-15-11-13-18(14-12-15)21(20,16-7-3-1-4-8-16)17-9-5-2-6-10-17/h1-11,13,15,18-19H,12,14H2/t15-,18-/m0/s1. The van der Waals surface area contributed by atoms with Gasteiger partial charge in [0.15, 0.2) is 0 Å². The third kappa shape index (κ3) is 2.74. The molecule has 0 bridgehead atoms. The van der Waals surface area contributed by atoms with Gasteiger partial charge in [0.2, 0.25) is 0 Å². The minimum Gasteiger partial charge on any atom is -0.389 e. The van der Waals surface area contributed by atoms with Crippen molar-refractivity contribution >= 4 is 17.8 Å². The Morgan fingerprint density at radius 3 is 1.76 bits per heavy atom. The van der Waals surface area contributed by atoms with Crippen molar-refractivity contribution in [3.05, 3.63) is 72.8 Å². The first-order valence-electron chi connectivity index (χ1n) is 7.28. The lowest BCUT2D eigenvalue weighted by Crippen LogP contribution is -2.27. The maximum Gasteiger partial charge on any atom is 0.149 e. The van der Waals surface area contributed by atoms with Gasteiger partial charge in [0, 0.05) is 16.3 Å². The predicted octanol–water partition coefficient (Wildman–Crippen LogP) is 3.08. The average Bonchev–Trinajstić information content (AvgIpc) is 2.56. The molecule has 1 N–H and O–H groups in total. The molecule has 2 nitrogen and oxygen atoms in total. The van der Waals surface area contributed by atoms with Crippen molar-refractivity contribution in [1.82, 2.24) is 0 Å². The Bertz CT molecular complexity index is 621. The highest BCUT2D eigenvalue weighted by Gasteiger charge is 2.36. The summed E-state index contributed by atoms with van der Waals surface area (Å²) in [4.78, 5) is 0. The lowest BCUT2D eigenvalue weighted by molar-refractivity contribution is 0.205. The first-order chi connectivity index (χ1) is 10.2. The molecule has 0 saturated carbocycles. The second-order valence-corrected chi connectivity index (χ2v) is 8.44. The van der Waals surface area contributed by atoms with Crippen molar-refractivity contribution in [2.24, 2.45) is 0 Å². The highest BCUT2D eigenvalue weighted by atomic mass is 31.2. The molecule has 0 radical (unpaired) electrons. The van der Waals surface area contributed by atoms with Crippen molar-refractivity contribution in [1.29, 1.82) is 0 Å². The Labute approximate surface area is 125 Å². The molecule has 1 aliphatic carbocycles. The maximum absolute atomic E-state index is 13.9. The first-order valence-corrected chi connectivity index (χ1v) is 9.06. The third-order valence-corrected chi connectivity index (χ3v) is 7.56. The van der Waals surface area contributed by atoms with Gasteiger partial charge in [-0.05, 0) is 12.8 Å². The molecule has 3 rings (SSSR count). The van der Waals surface area contributed by atoms with E-state index < -0.39 is 13.2 Å². The molecule has 0 heterocycles. The van der Waals surface area contributed by atoms with E-state index in [0.29, 0.717) is 6.42 Å². The average molecular weight is 298 g/mol. The normalized spacial score (nSPS) is 22.1. The van der Waals surface area contributed by atoms with Crippen LogP contribution in [0, 0.1) is 0 Å². The van der Waals surface area contributed by atoms with Crippen LogP contribution in [0.3, 0.4) is 0 Å². The zero-order valence-corrected chi connectivity index (χ0v) is 12.7. The predicted molar refractivity (Wildman–Crippen MR) is 87.9 cm³/mol. The van der Waals surface area contributed by atoms with E-state index in [2.05, 4.69) is 0 Å². The van der Waals surface area contributed by atoms with Gasteiger partial charge in [-0.25, -0.2) is 0 Å². The number of aliphatic hydroxyl groups is 1. The second-order valence-electron chi connectivity index (χ2n) is 5.43. The van der Waals surface area contributed by atoms with E-state index in [4.69, 9.17) is 0 Å². The summed E-state index contributed by atoms with van der Waals surface area (Å²) >= 11 is 0. The summed E-state index contributed by atoms with van der Waals surface area (Å²) in [7, 11) is -2.72. The van der Waals surface area contributed by atoms with Crippen molar-refractivity contribution in [3.63, 3.8) is 0 Å². The van der Waals surface area contributed by atoms with Crippen LogP contribution in [0.1, 0.15) is 12.8 Å².